The molecule has 1 aliphatic carbocycles. The van der Waals surface area contributed by atoms with Gasteiger partial charge >= 0.3 is 0 Å². The summed E-state index contributed by atoms with van der Waals surface area (Å²) < 4.78 is 2.04. The largest absolute Gasteiger partial charge is 0.352 e. The minimum absolute atomic E-state index is 0.106. The van der Waals surface area contributed by atoms with Gasteiger partial charge in [-0.3, -0.25) is 4.79 Å². The number of nitrogens with one attached hydrogen (secondary N) is 1. The van der Waals surface area contributed by atoms with Gasteiger partial charge < -0.3 is 9.88 Å². The molecule has 1 saturated carbocycles. The first kappa shape index (κ1) is 13.2. The molecule has 1 N–H and O–H groups in total. The number of aryl methyl sites for hydroxylation is 1. The summed E-state index contributed by atoms with van der Waals surface area (Å²) in [4.78, 5) is 16.8. The van der Waals surface area contributed by atoms with Gasteiger partial charge in [0.05, 0.1) is 11.0 Å². The van der Waals surface area contributed by atoms with Crippen LogP contribution in [0, 0.1) is 0 Å². The Morgan fingerprint density at radius 1 is 1.35 bits per heavy atom. The zero-order valence-electron chi connectivity index (χ0n) is 11.9. The van der Waals surface area contributed by atoms with E-state index < -0.39 is 0 Å². The number of hydrogen-bond donors (Lipinski definition) is 1. The lowest BCUT2D eigenvalue weighted by atomic mass is 10.2. The Kier molecular flexibility index (Phi) is 3.72. The van der Waals surface area contributed by atoms with Crippen molar-refractivity contribution in [1.82, 2.24) is 14.9 Å². The zero-order valence-corrected chi connectivity index (χ0v) is 11.9. The normalized spacial score (nSPS) is 15.8. The molecule has 0 saturated heterocycles. The lowest BCUT2D eigenvalue weighted by Crippen LogP contribution is -2.35. The monoisotopic (exact) mass is 271 g/mol. The average molecular weight is 271 g/mol. The molecule has 4 heteroatoms. The third-order valence-electron chi connectivity index (χ3n) is 4.07. The van der Waals surface area contributed by atoms with Crippen LogP contribution in [0.5, 0.6) is 0 Å². The second-order valence-electron chi connectivity index (χ2n) is 5.51. The maximum atomic E-state index is 12.2. The van der Waals surface area contributed by atoms with Crippen molar-refractivity contribution < 1.29 is 4.79 Å². The summed E-state index contributed by atoms with van der Waals surface area (Å²) in [5.41, 5.74) is 2.02. The minimum atomic E-state index is 0.106. The smallest absolute Gasteiger partial charge is 0.240 e. The molecule has 106 valence electrons. The molecule has 1 aromatic carbocycles. The van der Waals surface area contributed by atoms with Crippen LogP contribution in [0.2, 0.25) is 0 Å². The molecule has 0 spiro atoms. The number of benzene rings is 1. The van der Waals surface area contributed by atoms with Gasteiger partial charge in [-0.2, -0.15) is 0 Å². The lowest BCUT2D eigenvalue weighted by molar-refractivity contribution is -0.122. The average Bonchev–Trinajstić information content (AvgIpc) is 3.07. The second kappa shape index (κ2) is 5.65. The highest BCUT2D eigenvalue weighted by Crippen LogP contribution is 2.19. The Morgan fingerprint density at radius 3 is 2.85 bits per heavy atom. The fourth-order valence-electron chi connectivity index (χ4n) is 3.06. The van der Waals surface area contributed by atoms with E-state index in [2.05, 4.69) is 17.2 Å². The summed E-state index contributed by atoms with van der Waals surface area (Å²) in [6, 6.07) is 8.39. The SMILES string of the molecule is CCc1nc2ccccc2n1CC(=O)NC1CCCC1. The van der Waals surface area contributed by atoms with Crippen LogP contribution in [-0.4, -0.2) is 21.5 Å². The molecule has 1 heterocycles. The molecular weight excluding hydrogens is 250 g/mol. The van der Waals surface area contributed by atoms with Gasteiger partial charge in [0.1, 0.15) is 12.4 Å². The topological polar surface area (TPSA) is 46.9 Å². The fraction of sp³-hybridized carbons (Fsp3) is 0.500. The van der Waals surface area contributed by atoms with Gasteiger partial charge in [-0.25, -0.2) is 4.98 Å². The molecule has 0 unspecified atom stereocenters. The van der Waals surface area contributed by atoms with Gasteiger partial charge in [0.15, 0.2) is 0 Å². The molecule has 0 bridgehead atoms. The molecule has 3 rings (SSSR count). The van der Waals surface area contributed by atoms with Crippen molar-refractivity contribution in [2.24, 2.45) is 0 Å². The highest BCUT2D eigenvalue weighted by molar-refractivity contribution is 5.81. The van der Waals surface area contributed by atoms with Crippen molar-refractivity contribution in [1.29, 1.82) is 0 Å². The first-order valence-corrected chi connectivity index (χ1v) is 7.51. The molecule has 4 nitrogen and oxygen atoms in total. The van der Waals surface area contributed by atoms with Crippen molar-refractivity contribution in [2.75, 3.05) is 0 Å². The molecular formula is C16H21N3O. The summed E-state index contributed by atoms with van der Waals surface area (Å²) in [5.74, 6) is 1.09. The quantitative estimate of drug-likeness (QED) is 0.929. The van der Waals surface area contributed by atoms with Crippen LogP contribution in [0.25, 0.3) is 11.0 Å². The first-order valence-electron chi connectivity index (χ1n) is 7.51. The Bertz CT molecular complexity index is 611. The molecule has 0 aliphatic heterocycles. The van der Waals surface area contributed by atoms with Gasteiger partial charge in [0.2, 0.25) is 5.91 Å². The molecule has 1 aromatic heterocycles. The van der Waals surface area contributed by atoms with E-state index in [4.69, 9.17) is 0 Å². The summed E-state index contributed by atoms with van der Waals surface area (Å²) in [6.07, 6.45) is 5.55. The van der Waals surface area contributed by atoms with Crippen molar-refractivity contribution in [3.63, 3.8) is 0 Å². The van der Waals surface area contributed by atoms with Crippen molar-refractivity contribution in [3.8, 4) is 0 Å². The van der Waals surface area contributed by atoms with E-state index >= 15 is 0 Å². The van der Waals surface area contributed by atoms with Gasteiger partial charge in [0, 0.05) is 12.5 Å². The first-order chi connectivity index (χ1) is 9.78. The van der Waals surface area contributed by atoms with Crippen LogP contribution in [-0.2, 0) is 17.8 Å². The molecule has 0 radical (unpaired) electrons. The minimum Gasteiger partial charge on any atom is -0.352 e. The van der Waals surface area contributed by atoms with Crippen LogP contribution < -0.4 is 5.32 Å². The number of fused-ring (bicyclic) bond motifs is 1. The van der Waals surface area contributed by atoms with Gasteiger partial charge in [-0.15, -0.1) is 0 Å². The molecule has 0 atom stereocenters. The van der Waals surface area contributed by atoms with Crippen molar-refractivity contribution in [2.45, 2.75) is 51.6 Å². The standard InChI is InChI=1S/C16H21N3O/c1-2-15-18-13-9-5-6-10-14(13)19(15)11-16(20)17-12-7-3-4-8-12/h5-6,9-10,12H,2-4,7-8,11H2,1H3,(H,17,20). The maximum absolute atomic E-state index is 12.2. The summed E-state index contributed by atoms with van der Waals surface area (Å²) in [5, 5.41) is 3.15. The number of carbonyl (C=O) groups excluding carboxylic acids is 1. The van der Waals surface area contributed by atoms with E-state index in [1.165, 1.54) is 12.8 Å². The number of hydrogen-bond acceptors (Lipinski definition) is 2. The Labute approximate surface area is 119 Å². The van der Waals surface area contributed by atoms with Gasteiger partial charge in [-0.1, -0.05) is 31.9 Å². The zero-order chi connectivity index (χ0) is 13.9. The van der Waals surface area contributed by atoms with Crippen molar-refractivity contribution in [3.05, 3.63) is 30.1 Å². The molecule has 1 fully saturated rings. The van der Waals surface area contributed by atoms with Gasteiger partial charge in [-0.05, 0) is 25.0 Å². The van der Waals surface area contributed by atoms with Gasteiger partial charge in [0.25, 0.3) is 0 Å². The fourth-order valence-corrected chi connectivity index (χ4v) is 3.06. The number of amides is 1. The Morgan fingerprint density at radius 2 is 2.10 bits per heavy atom. The van der Waals surface area contributed by atoms with Crippen LogP contribution in [0.4, 0.5) is 0 Å². The maximum Gasteiger partial charge on any atom is 0.240 e. The second-order valence-corrected chi connectivity index (χ2v) is 5.51. The molecule has 2 aromatic rings. The molecule has 20 heavy (non-hydrogen) atoms. The number of rotatable bonds is 4. The Hall–Kier alpha value is -1.84. The van der Waals surface area contributed by atoms with Crippen LogP contribution in [0.3, 0.4) is 0 Å². The number of para-hydroxylation sites is 2. The summed E-state index contributed by atoms with van der Waals surface area (Å²) in [6.45, 7) is 2.45. The predicted molar refractivity (Wildman–Crippen MR) is 79.5 cm³/mol. The van der Waals surface area contributed by atoms with Crippen LogP contribution in [0.1, 0.15) is 38.4 Å². The third-order valence-corrected chi connectivity index (χ3v) is 4.07. The highest BCUT2D eigenvalue weighted by Gasteiger charge is 2.18. The van der Waals surface area contributed by atoms with E-state index in [9.17, 15) is 4.79 Å². The van der Waals surface area contributed by atoms with E-state index in [1.54, 1.807) is 0 Å². The van der Waals surface area contributed by atoms with E-state index in [0.29, 0.717) is 12.6 Å². The predicted octanol–water partition coefficient (Wildman–Crippen LogP) is 2.66. The lowest BCUT2D eigenvalue weighted by Gasteiger charge is -2.13. The number of nitrogens with zero attached hydrogens (tertiary/aromatic N) is 2. The summed E-state index contributed by atoms with van der Waals surface area (Å²) in [7, 11) is 0. The third kappa shape index (κ3) is 2.55. The Balaban J connectivity index is 1.80. The molecule has 1 aliphatic rings. The van der Waals surface area contributed by atoms with E-state index in [1.807, 2.05) is 28.8 Å². The number of imidazole rings is 1. The number of aromatic nitrogens is 2. The summed E-state index contributed by atoms with van der Waals surface area (Å²) >= 11 is 0. The highest BCUT2D eigenvalue weighted by atomic mass is 16.2. The molecule has 1 amide bonds. The van der Waals surface area contributed by atoms with Crippen LogP contribution in [0.15, 0.2) is 24.3 Å². The van der Waals surface area contributed by atoms with E-state index in [0.717, 1.165) is 36.1 Å². The van der Waals surface area contributed by atoms with Crippen LogP contribution >= 0.6 is 0 Å². The van der Waals surface area contributed by atoms with E-state index in [-0.39, 0.29) is 5.91 Å². The number of carbonyl (C=O) groups is 1. The van der Waals surface area contributed by atoms with Crippen molar-refractivity contribution >= 4 is 16.9 Å².